The quantitative estimate of drug-likeness (QED) is 0.426. The minimum absolute atomic E-state index is 1.14. The fourth-order valence-electron chi connectivity index (χ4n) is 3.12. The lowest BCUT2D eigenvalue weighted by molar-refractivity contribution is 1.33. The van der Waals surface area contributed by atoms with E-state index < -0.39 is 0 Å². The highest BCUT2D eigenvalue weighted by Crippen LogP contribution is 2.30. The third-order valence-corrected chi connectivity index (χ3v) is 4.54. The molecule has 25 heavy (non-hydrogen) atoms. The zero-order valence-corrected chi connectivity index (χ0v) is 14.2. The topological polar surface area (TPSA) is 12.9 Å². The molecule has 0 aliphatic rings. The summed E-state index contributed by atoms with van der Waals surface area (Å²) >= 11 is 0. The molecule has 0 N–H and O–H groups in total. The second-order valence-electron chi connectivity index (χ2n) is 6.21. The van der Waals surface area contributed by atoms with Gasteiger partial charge in [0.05, 0.1) is 0 Å². The van der Waals surface area contributed by atoms with Crippen LogP contribution in [-0.4, -0.2) is 4.98 Å². The molecule has 0 aliphatic heterocycles. The van der Waals surface area contributed by atoms with E-state index in [0.29, 0.717) is 0 Å². The van der Waals surface area contributed by atoms with Crippen molar-refractivity contribution in [3.63, 3.8) is 0 Å². The normalized spacial score (nSPS) is 10.6. The van der Waals surface area contributed by atoms with Crippen molar-refractivity contribution < 1.29 is 0 Å². The van der Waals surface area contributed by atoms with Crippen LogP contribution in [-0.2, 0) is 0 Å². The van der Waals surface area contributed by atoms with Crippen LogP contribution in [0, 0.1) is 6.92 Å². The number of aromatic nitrogens is 1. The van der Waals surface area contributed by atoms with Crippen molar-refractivity contribution in [2.24, 2.45) is 0 Å². The number of hydrogen-bond donors (Lipinski definition) is 0. The molecule has 1 heteroatoms. The Morgan fingerprint density at radius 1 is 0.560 bits per heavy atom. The van der Waals surface area contributed by atoms with Gasteiger partial charge in [0, 0.05) is 12.4 Å². The van der Waals surface area contributed by atoms with Crippen LogP contribution < -0.4 is 0 Å². The van der Waals surface area contributed by atoms with Crippen molar-refractivity contribution in [1.29, 1.82) is 0 Å². The van der Waals surface area contributed by atoms with E-state index in [1.54, 1.807) is 6.20 Å². The van der Waals surface area contributed by atoms with Crippen LogP contribution in [0.5, 0.6) is 0 Å². The van der Waals surface area contributed by atoms with Gasteiger partial charge in [0.15, 0.2) is 0 Å². The summed E-state index contributed by atoms with van der Waals surface area (Å²) in [6.07, 6.45) is 3.70. The van der Waals surface area contributed by atoms with Gasteiger partial charge in [-0.25, -0.2) is 0 Å². The first-order valence-corrected chi connectivity index (χ1v) is 8.48. The lowest BCUT2D eigenvalue weighted by atomic mass is 9.94. The number of pyridine rings is 1. The fourth-order valence-corrected chi connectivity index (χ4v) is 3.12. The number of nitrogens with zero attached hydrogens (tertiary/aromatic N) is 1. The van der Waals surface area contributed by atoms with E-state index in [0.717, 1.165) is 5.56 Å². The molecule has 0 saturated heterocycles. The Morgan fingerprint density at radius 2 is 1.20 bits per heavy atom. The summed E-state index contributed by atoms with van der Waals surface area (Å²) in [6.45, 7) is 2.16. The summed E-state index contributed by atoms with van der Waals surface area (Å²) in [5, 5.41) is 0. The van der Waals surface area contributed by atoms with Crippen LogP contribution in [0.15, 0.2) is 97.3 Å². The Balaban J connectivity index is 1.71. The maximum atomic E-state index is 4.20. The van der Waals surface area contributed by atoms with E-state index in [1.807, 2.05) is 12.3 Å². The third kappa shape index (κ3) is 3.22. The first kappa shape index (κ1) is 15.3. The molecule has 1 heterocycles. The maximum Gasteiger partial charge on any atom is 0.0346 e. The van der Waals surface area contributed by atoms with Crippen LogP contribution in [0.3, 0.4) is 0 Å². The van der Waals surface area contributed by atoms with Gasteiger partial charge in [-0.2, -0.15) is 0 Å². The van der Waals surface area contributed by atoms with Crippen LogP contribution in [0.2, 0.25) is 0 Å². The highest BCUT2D eigenvalue weighted by atomic mass is 14.6. The van der Waals surface area contributed by atoms with Crippen molar-refractivity contribution in [2.45, 2.75) is 6.92 Å². The number of rotatable bonds is 3. The van der Waals surface area contributed by atoms with Gasteiger partial charge in [-0.3, -0.25) is 4.98 Å². The second-order valence-corrected chi connectivity index (χ2v) is 6.21. The molecule has 0 unspecified atom stereocenters. The van der Waals surface area contributed by atoms with Crippen molar-refractivity contribution in [2.75, 3.05) is 0 Å². The van der Waals surface area contributed by atoms with Crippen molar-refractivity contribution in [3.8, 4) is 33.4 Å². The van der Waals surface area contributed by atoms with E-state index in [1.165, 1.54) is 33.4 Å². The summed E-state index contributed by atoms with van der Waals surface area (Å²) < 4.78 is 0. The number of hydrogen-bond acceptors (Lipinski definition) is 1. The SMILES string of the molecule is Cc1ccc(-c2ccc(-c3cccnc3)cc2)cc1-c1ccccc1. The molecule has 0 fully saturated rings. The molecule has 120 valence electrons. The van der Waals surface area contributed by atoms with E-state index in [-0.39, 0.29) is 0 Å². The summed E-state index contributed by atoms with van der Waals surface area (Å²) in [5.74, 6) is 0. The summed E-state index contributed by atoms with van der Waals surface area (Å²) in [5.41, 5.74) is 8.63. The highest BCUT2D eigenvalue weighted by molar-refractivity contribution is 5.76. The highest BCUT2D eigenvalue weighted by Gasteiger charge is 2.05. The van der Waals surface area contributed by atoms with Crippen LogP contribution in [0.4, 0.5) is 0 Å². The zero-order chi connectivity index (χ0) is 17.1. The molecule has 0 saturated carbocycles. The largest absolute Gasteiger partial charge is 0.264 e. The molecule has 0 bridgehead atoms. The summed E-state index contributed by atoms with van der Waals surface area (Å²) in [6, 6.07) is 30.0. The van der Waals surface area contributed by atoms with E-state index in [2.05, 4.69) is 90.8 Å². The average molecular weight is 321 g/mol. The average Bonchev–Trinajstić information content (AvgIpc) is 2.70. The van der Waals surface area contributed by atoms with Crippen LogP contribution in [0.1, 0.15) is 5.56 Å². The van der Waals surface area contributed by atoms with Gasteiger partial charge in [-0.1, -0.05) is 72.8 Å². The third-order valence-electron chi connectivity index (χ3n) is 4.54. The number of benzene rings is 3. The molecule has 4 rings (SSSR count). The molecule has 4 aromatic rings. The second kappa shape index (κ2) is 6.74. The van der Waals surface area contributed by atoms with Gasteiger partial charge in [0.1, 0.15) is 0 Å². The first-order chi connectivity index (χ1) is 12.3. The van der Waals surface area contributed by atoms with E-state index >= 15 is 0 Å². The van der Waals surface area contributed by atoms with Crippen LogP contribution >= 0.6 is 0 Å². The van der Waals surface area contributed by atoms with Crippen molar-refractivity contribution >= 4 is 0 Å². The Kier molecular flexibility index (Phi) is 4.14. The first-order valence-electron chi connectivity index (χ1n) is 8.48. The Morgan fingerprint density at radius 3 is 1.88 bits per heavy atom. The van der Waals surface area contributed by atoms with Gasteiger partial charge in [0.25, 0.3) is 0 Å². The monoisotopic (exact) mass is 321 g/mol. The standard InChI is InChI=1S/C24H19N/c1-18-9-10-22(16-24(18)21-6-3-2-4-7-21)19-11-13-20(14-12-19)23-8-5-15-25-17-23/h2-17H,1H3. The molecule has 3 aromatic carbocycles. The fraction of sp³-hybridized carbons (Fsp3) is 0.0417. The predicted octanol–water partition coefficient (Wildman–Crippen LogP) is 6.39. The lowest BCUT2D eigenvalue weighted by Gasteiger charge is -2.10. The molecule has 0 atom stereocenters. The molecule has 0 aliphatic carbocycles. The summed E-state index contributed by atoms with van der Waals surface area (Å²) in [4.78, 5) is 4.20. The van der Waals surface area contributed by atoms with Gasteiger partial charge < -0.3 is 0 Å². The lowest BCUT2D eigenvalue weighted by Crippen LogP contribution is -1.86. The summed E-state index contributed by atoms with van der Waals surface area (Å²) in [7, 11) is 0. The maximum absolute atomic E-state index is 4.20. The molecule has 0 radical (unpaired) electrons. The van der Waals surface area contributed by atoms with Gasteiger partial charge >= 0.3 is 0 Å². The van der Waals surface area contributed by atoms with Gasteiger partial charge in [0.2, 0.25) is 0 Å². The van der Waals surface area contributed by atoms with Crippen molar-refractivity contribution in [1.82, 2.24) is 4.98 Å². The molecular weight excluding hydrogens is 302 g/mol. The Hall–Kier alpha value is -3.19. The predicted molar refractivity (Wildman–Crippen MR) is 105 cm³/mol. The van der Waals surface area contributed by atoms with Crippen molar-refractivity contribution in [3.05, 3.63) is 103 Å². The number of aryl methyl sites for hydroxylation is 1. The van der Waals surface area contributed by atoms with Crippen LogP contribution in [0.25, 0.3) is 33.4 Å². The molecule has 1 aromatic heterocycles. The minimum atomic E-state index is 1.14. The smallest absolute Gasteiger partial charge is 0.0346 e. The van der Waals surface area contributed by atoms with Gasteiger partial charge in [-0.05, 0) is 58.0 Å². The molecule has 1 nitrogen and oxygen atoms in total. The Labute approximate surface area is 148 Å². The minimum Gasteiger partial charge on any atom is -0.264 e. The molecular formula is C24H19N. The Bertz CT molecular complexity index is 971. The van der Waals surface area contributed by atoms with Gasteiger partial charge in [-0.15, -0.1) is 0 Å². The zero-order valence-electron chi connectivity index (χ0n) is 14.2. The van der Waals surface area contributed by atoms with E-state index in [4.69, 9.17) is 0 Å². The molecule has 0 spiro atoms. The molecule has 0 amide bonds. The van der Waals surface area contributed by atoms with E-state index in [9.17, 15) is 0 Å².